The predicted molar refractivity (Wildman–Crippen MR) is 77.8 cm³/mol. The van der Waals surface area contributed by atoms with Crippen LogP contribution in [0.5, 0.6) is 0 Å². The molecule has 1 aromatic rings. The van der Waals surface area contributed by atoms with Gasteiger partial charge in [0.05, 0.1) is 4.92 Å². The maximum absolute atomic E-state index is 11.4. The highest BCUT2D eigenvalue weighted by molar-refractivity contribution is 5.62. The highest BCUT2D eigenvalue weighted by Gasteiger charge is 2.34. The number of nitro groups is 1. The number of anilines is 1. The van der Waals surface area contributed by atoms with E-state index in [9.17, 15) is 10.1 Å². The second-order valence-corrected chi connectivity index (χ2v) is 5.60. The van der Waals surface area contributed by atoms with Crippen molar-refractivity contribution in [3.63, 3.8) is 0 Å². The molecule has 2 atom stereocenters. The van der Waals surface area contributed by atoms with E-state index in [1.807, 2.05) is 13.8 Å². The molecular formula is C13H23N5O2. The Bertz CT molecular complexity index is 497. The van der Waals surface area contributed by atoms with E-state index in [1.165, 1.54) is 0 Å². The Hall–Kier alpha value is -1.63. The van der Waals surface area contributed by atoms with Gasteiger partial charge in [-0.05, 0) is 25.7 Å². The van der Waals surface area contributed by atoms with Crippen molar-refractivity contribution in [1.82, 2.24) is 9.78 Å². The fourth-order valence-corrected chi connectivity index (χ4v) is 2.91. The van der Waals surface area contributed by atoms with Crippen LogP contribution in [0.2, 0.25) is 0 Å². The Morgan fingerprint density at radius 2 is 2.30 bits per heavy atom. The Kier molecular flexibility index (Phi) is 4.27. The molecule has 0 aliphatic carbocycles. The monoisotopic (exact) mass is 281 g/mol. The van der Waals surface area contributed by atoms with E-state index in [0.29, 0.717) is 23.9 Å². The highest BCUT2D eigenvalue weighted by atomic mass is 16.6. The minimum Gasteiger partial charge on any atom is -0.351 e. The van der Waals surface area contributed by atoms with E-state index in [1.54, 1.807) is 11.7 Å². The summed E-state index contributed by atoms with van der Waals surface area (Å²) < 4.78 is 1.65. The summed E-state index contributed by atoms with van der Waals surface area (Å²) in [6, 6.07) is 0.113. The third kappa shape index (κ3) is 2.63. The molecule has 112 valence electrons. The van der Waals surface area contributed by atoms with Crippen molar-refractivity contribution in [2.24, 2.45) is 18.7 Å². The quantitative estimate of drug-likeness (QED) is 0.651. The third-order valence-electron chi connectivity index (χ3n) is 4.00. The summed E-state index contributed by atoms with van der Waals surface area (Å²) in [6.45, 7) is 5.57. The van der Waals surface area contributed by atoms with Gasteiger partial charge in [0.2, 0.25) is 5.82 Å². The second kappa shape index (κ2) is 5.78. The van der Waals surface area contributed by atoms with Crippen molar-refractivity contribution in [3.8, 4) is 0 Å². The Morgan fingerprint density at radius 1 is 1.60 bits per heavy atom. The SMILES string of the molecule is CCCc1nn(C)c(N2CCC(C(C)N)C2)c1[N+](=O)[O-]. The molecule has 20 heavy (non-hydrogen) atoms. The maximum Gasteiger partial charge on any atom is 0.334 e. The zero-order chi connectivity index (χ0) is 14.9. The summed E-state index contributed by atoms with van der Waals surface area (Å²) in [6.07, 6.45) is 2.46. The molecule has 1 aliphatic heterocycles. The fourth-order valence-electron chi connectivity index (χ4n) is 2.91. The summed E-state index contributed by atoms with van der Waals surface area (Å²) in [7, 11) is 1.78. The van der Waals surface area contributed by atoms with E-state index in [0.717, 1.165) is 25.9 Å². The number of rotatable bonds is 5. The van der Waals surface area contributed by atoms with Crippen LogP contribution in [0.25, 0.3) is 0 Å². The summed E-state index contributed by atoms with van der Waals surface area (Å²) >= 11 is 0. The first kappa shape index (κ1) is 14.8. The lowest BCUT2D eigenvalue weighted by Crippen LogP contribution is -2.30. The minimum absolute atomic E-state index is 0.113. The van der Waals surface area contributed by atoms with Crippen molar-refractivity contribution >= 4 is 11.5 Å². The third-order valence-corrected chi connectivity index (χ3v) is 4.00. The van der Waals surface area contributed by atoms with Crippen LogP contribution < -0.4 is 10.6 Å². The molecule has 1 aliphatic rings. The number of aryl methyl sites for hydroxylation is 2. The molecule has 1 saturated heterocycles. The van der Waals surface area contributed by atoms with Crippen LogP contribution >= 0.6 is 0 Å². The van der Waals surface area contributed by atoms with Crippen molar-refractivity contribution in [1.29, 1.82) is 0 Å². The lowest BCUT2D eigenvalue weighted by Gasteiger charge is -2.19. The van der Waals surface area contributed by atoms with Crippen molar-refractivity contribution in [2.45, 2.75) is 39.2 Å². The molecular weight excluding hydrogens is 258 g/mol. The van der Waals surface area contributed by atoms with Gasteiger partial charge < -0.3 is 10.6 Å². The van der Waals surface area contributed by atoms with Gasteiger partial charge in [-0.25, -0.2) is 4.68 Å². The Morgan fingerprint density at radius 3 is 2.80 bits per heavy atom. The van der Waals surface area contributed by atoms with Crippen molar-refractivity contribution < 1.29 is 4.92 Å². The normalized spacial score (nSPS) is 20.4. The number of hydrogen-bond acceptors (Lipinski definition) is 5. The number of nitrogens with two attached hydrogens (primary N) is 1. The first-order valence-corrected chi connectivity index (χ1v) is 7.16. The number of aromatic nitrogens is 2. The van der Waals surface area contributed by atoms with Crippen LogP contribution in [0.4, 0.5) is 11.5 Å². The molecule has 7 nitrogen and oxygen atoms in total. The van der Waals surface area contributed by atoms with Crippen LogP contribution in [0.1, 0.15) is 32.4 Å². The van der Waals surface area contributed by atoms with Crippen LogP contribution in [0.3, 0.4) is 0 Å². The summed E-state index contributed by atoms with van der Waals surface area (Å²) in [5.41, 5.74) is 6.69. The zero-order valence-corrected chi connectivity index (χ0v) is 12.4. The molecule has 1 aromatic heterocycles. The summed E-state index contributed by atoms with van der Waals surface area (Å²) in [5, 5.41) is 15.7. The summed E-state index contributed by atoms with van der Waals surface area (Å²) in [5.74, 6) is 1.01. The molecule has 0 aromatic carbocycles. The molecule has 0 saturated carbocycles. The van der Waals surface area contributed by atoms with Gasteiger partial charge in [-0.2, -0.15) is 5.10 Å². The van der Waals surface area contributed by atoms with E-state index >= 15 is 0 Å². The standard InChI is InChI=1S/C13H23N5O2/c1-4-5-11-12(18(19)20)13(16(3)15-11)17-7-6-10(8-17)9(2)14/h9-10H,4-8,14H2,1-3H3. The lowest BCUT2D eigenvalue weighted by molar-refractivity contribution is -0.384. The first-order chi connectivity index (χ1) is 9.45. The van der Waals surface area contributed by atoms with Crippen LogP contribution in [0.15, 0.2) is 0 Å². The van der Waals surface area contributed by atoms with Gasteiger partial charge in [0.15, 0.2) is 0 Å². The summed E-state index contributed by atoms with van der Waals surface area (Å²) in [4.78, 5) is 13.2. The van der Waals surface area contributed by atoms with Gasteiger partial charge in [-0.1, -0.05) is 13.3 Å². The largest absolute Gasteiger partial charge is 0.351 e. The zero-order valence-electron chi connectivity index (χ0n) is 12.4. The van der Waals surface area contributed by atoms with E-state index in [4.69, 9.17) is 5.73 Å². The van der Waals surface area contributed by atoms with Gasteiger partial charge in [0.25, 0.3) is 0 Å². The molecule has 2 heterocycles. The van der Waals surface area contributed by atoms with Gasteiger partial charge >= 0.3 is 5.69 Å². The highest BCUT2D eigenvalue weighted by Crippen LogP contribution is 2.35. The van der Waals surface area contributed by atoms with Crippen molar-refractivity contribution in [3.05, 3.63) is 15.8 Å². The number of nitrogens with zero attached hydrogens (tertiary/aromatic N) is 4. The second-order valence-electron chi connectivity index (χ2n) is 5.60. The average molecular weight is 281 g/mol. The molecule has 2 unspecified atom stereocenters. The predicted octanol–water partition coefficient (Wildman–Crippen LogP) is 1.45. The van der Waals surface area contributed by atoms with Crippen LogP contribution in [-0.4, -0.2) is 33.8 Å². The van der Waals surface area contributed by atoms with Crippen LogP contribution in [0, 0.1) is 16.0 Å². The Balaban J connectivity index is 2.34. The first-order valence-electron chi connectivity index (χ1n) is 7.16. The molecule has 7 heteroatoms. The molecule has 2 N–H and O–H groups in total. The number of hydrogen-bond donors (Lipinski definition) is 1. The topological polar surface area (TPSA) is 90.2 Å². The fraction of sp³-hybridized carbons (Fsp3) is 0.769. The van der Waals surface area contributed by atoms with E-state index in [2.05, 4.69) is 10.00 Å². The smallest absolute Gasteiger partial charge is 0.334 e. The van der Waals surface area contributed by atoms with Gasteiger partial charge in [-0.3, -0.25) is 10.1 Å². The van der Waals surface area contributed by atoms with Gasteiger partial charge in [-0.15, -0.1) is 0 Å². The maximum atomic E-state index is 11.4. The van der Waals surface area contributed by atoms with Gasteiger partial charge in [0, 0.05) is 26.2 Å². The molecule has 2 rings (SSSR count). The molecule has 1 fully saturated rings. The van der Waals surface area contributed by atoms with Gasteiger partial charge in [0.1, 0.15) is 5.69 Å². The van der Waals surface area contributed by atoms with E-state index in [-0.39, 0.29) is 16.7 Å². The lowest BCUT2D eigenvalue weighted by atomic mass is 10.0. The molecule has 0 amide bonds. The average Bonchev–Trinajstić information content (AvgIpc) is 2.93. The molecule has 0 spiro atoms. The van der Waals surface area contributed by atoms with E-state index < -0.39 is 0 Å². The molecule has 0 radical (unpaired) electrons. The molecule has 0 bridgehead atoms. The Labute approximate surface area is 118 Å². The van der Waals surface area contributed by atoms with Crippen LogP contribution in [-0.2, 0) is 13.5 Å². The minimum atomic E-state index is -0.299. The van der Waals surface area contributed by atoms with Crippen molar-refractivity contribution in [2.75, 3.05) is 18.0 Å².